The third-order valence-corrected chi connectivity index (χ3v) is 9.02. The van der Waals surface area contributed by atoms with Crippen molar-refractivity contribution < 1.29 is 17.5 Å². The van der Waals surface area contributed by atoms with Crippen LogP contribution in [0.4, 0.5) is 4.39 Å². The van der Waals surface area contributed by atoms with E-state index in [0.717, 1.165) is 42.0 Å². The lowest BCUT2D eigenvalue weighted by atomic mass is 9.85. The fourth-order valence-corrected chi connectivity index (χ4v) is 7.00. The van der Waals surface area contributed by atoms with Crippen LogP contribution < -0.4 is 4.74 Å². The summed E-state index contributed by atoms with van der Waals surface area (Å²) in [5.41, 5.74) is 1.91. The first kappa shape index (κ1) is 22.9. The first-order chi connectivity index (χ1) is 16.4. The van der Waals surface area contributed by atoms with Crippen LogP contribution in [0.1, 0.15) is 47.5 Å². The van der Waals surface area contributed by atoms with Gasteiger partial charge in [0.1, 0.15) is 28.7 Å². The van der Waals surface area contributed by atoms with Gasteiger partial charge in [-0.2, -0.15) is 9.64 Å². The Labute approximate surface area is 201 Å². The van der Waals surface area contributed by atoms with Gasteiger partial charge in [-0.3, -0.25) is 4.90 Å². The molecule has 10 heteroatoms. The number of hydrogen-bond donors (Lipinski definition) is 0. The number of nitrogens with zero attached hydrogens (tertiary/aromatic N) is 4. The first-order valence-corrected chi connectivity index (χ1v) is 13.5. The van der Waals surface area contributed by atoms with Gasteiger partial charge in [-0.15, -0.1) is 0 Å². The maximum absolute atomic E-state index is 13.6. The van der Waals surface area contributed by atoms with Crippen molar-refractivity contribution in [3.05, 3.63) is 70.7 Å². The molecule has 2 aromatic carbocycles. The zero-order valence-electron chi connectivity index (χ0n) is 18.3. The number of rotatable bonds is 5. The standard InChI is InChI=1S/C24H23FN4O3S2/c25-18-3-1-17(2-4-18)22-11-16(13-26)7-9-29(22)21-8-10-32-23-12-19(5-6-20(21)23)34(30,31)14-24-27-15-28-33-24/h1-6,12,15-16,21-22H,7-11,14H2/t16-,21+,22+/m0/s1. The van der Waals surface area contributed by atoms with Gasteiger partial charge < -0.3 is 4.74 Å². The monoisotopic (exact) mass is 498 g/mol. The molecule has 1 saturated heterocycles. The third kappa shape index (κ3) is 4.56. The fourth-order valence-electron chi connectivity index (χ4n) is 4.88. The zero-order chi connectivity index (χ0) is 23.7. The van der Waals surface area contributed by atoms with Crippen LogP contribution in [0, 0.1) is 23.1 Å². The molecule has 3 atom stereocenters. The molecule has 2 aliphatic heterocycles. The van der Waals surface area contributed by atoms with Crippen molar-refractivity contribution in [1.82, 2.24) is 14.3 Å². The van der Waals surface area contributed by atoms with Gasteiger partial charge in [0, 0.05) is 36.5 Å². The Morgan fingerprint density at radius 2 is 2.00 bits per heavy atom. The van der Waals surface area contributed by atoms with E-state index in [1.54, 1.807) is 24.3 Å². The van der Waals surface area contributed by atoms with Gasteiger partial charge in [-0.05, 0) is 54.2 Å². The molecule has 1 aromatic heterocycles. The summed E-state index contributed by atoms with van der Waals surface area (Å²) in [5.74, 6) is 0.0174. The number of likely N-dealkylation sites (tertiary alicyclic amines) is 1. The number of benzene rings is 2. The van der Waals surface area contributed by atoms with E-state index in [9.17, 15) is 18.1 Å². The molecule has 7 nitrogen and oxygen atoms in total. The molecule has 2 aliphatic rings. The van der Waals surface area contributed by atoms with E-state index in [-0.39, 0.29) is 34.5 Å². The Kier molecular flexibility index (Phi) is 6.34. The van der Waals surface area contributed by atoms with Gasteiger partial charge >= 0.3 is 0 Å². The molecule has 3 aromatic rings. The van der Waals surface area contributed by atoms with Gasteiger partial charge in [0.2, 0.25) is 0 Å². The van der Waals surface area contributed by atoms with Gasteiger partial charge in [0.15, 0.2) is 9.84 Å². The summed E-state index contributed by atoms with van der Waals surface area (Å²) in [6, 6.07) is 13.9. The average molecular weight is 499 g/mol. The summed E-state index contributed by atoms with van der Waals surface area (Å²) >= 11 is 1.07. The van der Waals surface area contributed by atoms with E-state index in [1.165, 1.54) is 18.5 Å². The van der Waals surface area contributed by atoms with Crippen LogP contribution in [0.3, 0.4) is 0 Å². The summed E-state index contributed by atoms with van der Waals surface area (Å²) in [7, 11) is -3.58. The van der Waals surface area contributed by atoms with Crippen molar-refractivity contribution in [2.45, 2.75) is 42.0 Å². The molecule has 0 N–H and O–H groups in total. The summed E-state index contributed by atoms with van der Waals surface area (Å²) in [6.07, 6.45) is 3.53. The highest BCUT2D eigenvalue weighted by molar-refractivity contribution is 7.90. The third-order valence-electron chi connectivity index (χ3n) is 6.55. The number of nitriles is 1. The predicted octanol–water partition coefficient (Wildman–Crippen LogP) is 4.45. The molecular weight excluding hydrogens is 475 g/mol. The van der Waals surface area contributed by atoms with E-state index < -0.39 is 9.84 Å². The molecule has 34 heavy (non-hydrogen) atoms. The van der Waals surface area contributed by atoms with Gasteiger partial charge in [-0.25, -0.2) is 17.8 Å². The van der Waals surface area contributed by atoms with Crippen LogP contribution >= 0.6 is 11.5 Å². The lowest BCUT2D eigenvalue weighted by Crippen LogP contribution is -2.41. The highest BCUT2D eigenvalue weighted by Crippen LogP contribution is 2.45. The summed E-state index contributed by atoms with van der Waals surface area (Å²) in [4.78, 5) is 6.54. The molecule has 0 bridgehead atoms. The second-order valence-electron chi connectivity index (χ2n) is 8.60. The quantitative estimate of drug-likeness (QED) is 0.513. The maximum atomic E-state index is 13.6. The van der Waals surface area contributed by atoms with Crippen LogP contribution in [-0.2, 0) is 15.6 Å². The minimum Gasteiger partial charge on any atom is -0.493 e. The van der Waals surface area contributed by atoms with Crippen LogP contribution in [-0.4, -0.2) is 35.8 Å². The molecule has 176 valence electrons. The second kappa shape index (κ2) is 9.41. The molecular formula is C24H23FN4O3S2. The van der Waals surface area contributed by atoms with Crippen LogP contribution in [0.2, 0.25) is 0 Å². The Morgan fingerprint density at radius 3 is 2.74 bits per heavy atom. The maximum Gasteiger partial charge on any atom is 0.185 e. The number of piperidine rings is 1. The minimum atomic E-state index is -3.58. The molecule has 0 unspecified atom stereocenters. The average Bonchev–Trinajstić information content (AvgIpc) is 3.36. The van der Waals surface area contributed by atoms with Crippen molar-refractivity contribution in [3.8, 4) is 11.8 Å². The molecule has 0 saturated carbocycles. The zero-order valence-corrected chi connectivity index (χ0v) is 19.9. The van der Waals surface area contributed by atoms with Crippen molar-refractivity contribution in [1.29, 1.82) is 5.26 Å². The first-order valence-electron chi connectivity index (χ1n) is 11.1. The Bertz CT molecular complexity index is 1310. The Balaban J connectivity index is 1.46. The van der Waals surface area contributed by atoms with Gasteiger partial charge in [0.05, 0.1) is 17.6 Å². The molecule has 1 fully saturated rings. The van der Waals surface area contributed by atoms with Crippen LogP contribution in [0.5, 0.6) is 5.75 Å². The van der Waals surface area contributed by atoms with E-state index in [0.29, 0.717) is 23.8 Å². The normalized spacial score (nSPS) is 23.0. The predicted molar refractivity (Wildman–Crippen MR) is 124 cm³/mol. The number of fused-ring (bicyclic) bond motifs is 1. The van der Waals surface area contributed by atoms with E-state index in [1.807, 2.05) is 6.07 Å². The van der Waals surface area contributed by atoms with Gasteiger partial charge in [-0.1, -0.05) is 18.2 Å². The smallest absolute Gasteiger partial charge is 0.185 e. The number of aromatic nitrogens is 2. The van der Waals surface area contributed by atoms with Crippen molar-refractivity contribution in [2.75, 3.05) is 13.2 Å². The molecule has 3 heterocycles. The second-order valence-corrected chi connectivity index (χ2v) is 11.5. The number of sulfone groups is 1. The largest absolute Gasteiger partial charge is 0.493 e. The molecule has 0 amide bonds. The van der Waals surface area contributed by atoms with Crippen molar-refractivity contribution >= 4 is 21.4 Å². The lowest BCUT2D eigenvalue weighted by Gasteiger charge is -2.44. The molecule has 0 aliphatic carbocycles. The highest BCUT2D eigenvalue weighted by atomic mass is 32.2. The van der Waals surface area contributed by atoms with E-state index in [4.69, 9.17) is 4.74 Å². The summed E-state index contributed by atoms with van der Waals surface area (Å²) in [6.45, 7) is 1.19. The summed E-state index contributed by atoms with van der Waals surface area (Å²) in [5, 5.41) is 9.98. The van der Waals surface area contributed by atoms with Gasteiger partial charge in [0.25, 0.3) is 0 Å². The van der Waals surface area contributed by atoms with Crippen molar-refractivity contribution in [2.24, 2.45) is 5.92 Å². The van der Waals surface area contributed by atoms with E-state index >= 15 is 0 Å². The van der Waals surface area contributed by atoms with Crippen LogP contribution in [0.25, 0.3) is 0 Å². The molecule has 0 spiro atoms. The molecule has 0 radical (unpaired) electrons. The molecule has 5 rings (SSSR count). The Hall–Kier alpha value is -2.87. The van der Waals surface area contributed by atoms with Crippen LogP contribution in [0.15, 0.2) is 53.7 Å². The highest BCUT2D eigenvalue weighted by Gasteiger charge is 2.37. The number of ether oxygens (including phenoxy) is 1. The number of halogens is 1. The fraction of sp³-hybridized carbons (Fsp3) is 0.375. The van der Waals surface area contributed by atoms with Crippen molar-refractivity contribution in [3.63, 3.8) is 0 Å². The SMILES string of the molecule is N#C[C@H]1CCN([C@@H]2CCOc3cc(S(=O)(=O)Cc4ncns4)ccc32)[C@@H](c2ccc(F)cc2)C1. The minimum absolute atomic E-state index is 0.0124. The number of hydrogen-bond acceptors (Lipinski definition) is 8. The lowest BCUT2D eigenvalue weighted by molar-refractivity contribution is 0.0550. The Morgan fingerprint density at radius 1 is 1.18 bits per heavy atom. The van der Waals surface area contributed by atoms with E-state index in [2.05, 4.69) is 20.3 Å². The topological polar surface area (TPSA) is 96.2 Å². The summed E-state index contributed by atoms with van der Waals surface area (Å²) < 4.78 is 49.2.